The van der Waals surface area contributed by atoms with E-state index in [0.29, 0.717) is 21.8 Å². The Bertz CT molecular complexity index is 1010. The summed E-state index contributed by atoms with van der Waals surface area (Å²) in [7, 11) is 0. The van der Waals surface area contributed by atoms with Crippen molar-refractivity contribution in [2.75, 3.05) is 4.90 Å². The maximum Gasteiger partial charge on any atom is 0.416 e. The van der Waals surface area contributed by atoms with Crippen LogP contribution in [0.4, 0.5) is 18.9 Å². The molecule has 0 radical (unpaired) electrons. The number of primary amides is 1. The van der Waals surface area contributed by atoms with E-state index < -0.39 is 21.8 Å². The second-order valence-corrected chi connectivity index (χ2v) is 9.32. The second-order valence-electron chi connectivity index (χ2n) is 6.58. The van der Waals surface area contributed by atoms with Gasteiger partial charge in [-0.25, -0.2) is 0 Å². The smallest absolute Gasteiger partial charge is 0.384 e. The summed E-state index contributed by atoms with van der Waals surface area (Å²) in [6.45, 7) is 0.139. The first-order valence-corrected chi connectivity index (χ1v) is 10.3. The number of alkyl halides is 3. The summed E-state index contributed by atoms with van der Waals surface area (Å²) in [6.07, 6.45) is -4.31. The Labute approximate surface area is 185 Å². The molecule has 3 rings (SSSR count). The number of hydrogen-bond acceptors (Lipinski definition) is 6. The lowest BCUT2D eigenvalue weighted by atomic mass is 10.1. The molecule has 2 aromatic carbocycles. The Balaban J connectivity index is 2.07. The molecule has 2 aromatic rings. The zero-order chi connectivity index (χ0) is 22.3. The summed E-state index contributed by atoms with van der Waals surface area (Å²) >= 11 is 12.2. The van der Waals surface area contributed by atoms with Gasteiger partial charge in [-0.15, -0.1) is 12.6 Å². The van der Waals surface area contributed by atoms with Gasteiger partial charge in [-0.3, -0.25) is 4.79 Å². The molecule has 160 valence electrons. The molecule has 1 heterocycles. The largest absolute Gasteiger partial charge is 0.416 e. The fourth-order valence-electron chi connectivity index (χ4n) is 3.19. The Hall–Kier alpha value is -2.01. The first-order valence-electron chi connectivity index (χ1n) is 8.62. The summed E-state index contributed by atoms with van der Waals surface area (Å²) in [5, 5.41) is 0.332. The number of thioether (sulfide) groups is 1. The van der Waals surface area contributed by atoms with E-state index in [1.165, 1.54) is 12.1 Å². The van der Waals surface area contributed by atoms with Crippen molar-refractivity contribution in [2.24, 2.45) is 17.2 Å². The van der Waals surface area contributed by atoms with Crippen LogP contribution in [0.5, 0.6) is 0 Å². The third-order valence-corrected chi connectivity index (χ3v) is 6.75. The fraction of sp³-hybridized carbons (Fsp3) is 0.211. The molecule has 30 heavy (non-hydrogen) atoms. The van der Waals surface area contributed by atoms with Crippen LogP contribution in [0.25, 0.3) is 0 Å². The molecule has 1 aliphatic heterocycles. The number of amides is 1. The maximum absolute atomic E-state index is 12.9. The van der Waals surface area contributed by atoms with Crippen LogP contribution < -0.4 is 22.1 Å². The topological polar surface area (TPSA) is 98.4 Å². The minimum atomic E-state index is -4.44. The molecule has 1 unspecified atom stereocenters. The highest BCUT2D eigenvalue weighted by atomic mass is 35.5. The van der Waals surface area contributed by atoms with E-state index in [0.717, 1.165) is 23.9 Å². The van der Waals surface area contributed by atoms with Gasteiger partial charge in [-0.05, 0) is 29.3 Å². The van der Waals surface area contributed by atoms with Crippen LogP contribution in [-0.2, 0) is 23.9 Å². The van der Waals surface area contributed by atoms with Gasteiger partial charge in [0.25, 0.3) is 5.91 Å². The third-order valence-electron chi connectivity index (χ3n) is 4.54. The van der Waals surface area contributed by atoms with Gasteiger partial charge in [0.1, 0.15) is 14.9 Å². The van der Waals surface area contributed by atoms with Crippen LogP contribution in [0.1, 0.15) is 16.7 Å². The maximum atomic E-state index is 12.9. The monoisotopic (exact) mass is 474 g/mol. The van der Waals surface area contributed by atoms with Gasteiger partial charge in [0.2, 0.25) is 0 Å². The number of benzene rings is 2. The number of rotatable bonds is 5. The Morgan fingerprint density at radius 3 is 2.37 bits per heavy atom. The van der Waals surface area contributed by atoms with Crippen LogP contribution in [0.2, 0.25) is 5.02 Å². The number of anilines is 1. The molecular weight excluding hydrogens is 457 g/mol. The molecule has 0 aromatic heterocycles. The molecule has 1 atom stereocenters. The molecule has 0 bridgehead atoms. The molecule has 11 heteroatoms. The summed E-state index contributed by atoms with van der Waals surface area (Å²) in [6, 6.07) is 9.81. The summed E-state index contributed by atoms with van der Waals surface area (Å²) in [5.74, 6) is -0.690. The van der Waals surface area contributed by atoms with Gasteiger partial charge in [0.05, 0.1) is 16.3 Å². The van der Waals surface area contributed by atoms with Crippen LogP contribution in [-0.4, -0.2) is 10.1 Å². The standard InChI is InChI=1S/C19H18ClF3N4OS2/c20-13-3-1-2-11(9-24)14(13)27-16(25)15(17(26)28)30-18(27,29)8-10-4-6-12(7-5-10)19(21,22)23/h1-7,29H,8-9,24-25H2,(H2,26,28). The van der Waals surface area contributed by atoms with E-state index in [4.69, 9.17) is 41.4 Å². The third kappa shape index (κ3) is 4.22. The number of halogens is 4. The number of carbonyl (C=O) groups is 1. The molecule has 0 saturated heterocycles. The minimum absolute atomic E-state index is 0.0530. The number of nitrogens with two attached hydrogens (primary N) is 3. The number of para-hydroxylation sites is 1. The van der Waals surface area contributed by atoms with Gasteiger partial charge >= 0.3 is 6.18 Å². The van der Waals surface area contributed by atoms with Gasteiger partial charge in [0, 0.05) is 13.0 Å². The molecule has 0 fully saturated rings. The lowest BCUT2D eigenvalue weighted by Gasteiger charge is -2.37. The van der Waals surface area contributed by atoms with Crippen molar-refractivity contribution in [3.63, 3.8) is 0 Å². The Morgan fingerprint density at radius 1 is 1.20 bits per heavy atom. The molecule has 1 aliphatic rings. The highest BCUT2D eigenvalue weighted by Gasteiger charge is 2.47. The van der Waals surface area contributed by atoms with Gasteiger partial charge in [0.15, 0.2) is 0 Å². The summed E-state index contributed by atoms with van der Waals surface area (Å²) in [4.78, 5) is 13.6. The molecular formula is C19H18ClF3N4OS2. The zero-order valence-corrected chi connectivity index (χ0v) is 17.9. The van der Waals surface area contributed by atoms with Crippen molar-refractivity contribution in [1.29, 1.82) is 0 Å². The first kappa shape index (κ1) is 22.7. The molecule has 0 spiro atoms. The fourth-order valence-corrected chi connectivity index (χ4v) is 5.28. The quantitative estimate of drug-likeness (QED) is 0.494. The van der Waals surface area contributed by atoms with Gasteiger partial charge in [-0.1, -0.05) is 47.6 Å². The van der Waals surface area contributed by atoms with E-state index in [2.05, 4.69) is 0 Å². The van der Waals surface area contributed by atoms with Crippen molar-refractivity contribution in [3.05, 3.63) is 74.9 Å². The summed E-state index contributed by atoms with van der Waals surface area (Å²) in [5.41, 5.74) is 18.5. The van der Waals surface area contributed by atoms with Crippen LogP contribution in [0.3, 0.4) is 0 Å². The predicted molar refractivity (Wildman–Crippen MR) is 117 cm³/mol. The SMILES string of the molecule is NCc1cccc(Cl)c1N1C(N)=C(C(N)=O)SC1(S)Cc1ccc(C(F)(F)F)cc1. The van der Waals surface area contributed by atoms with Crippen LogP contribution in [0.15, 0.2) is 53.2 Å². The Kier molecular flexibility index (Phi) is 6.24. The average Bonchev–Trinajstić information content (AvgIpc) is 2.92. The molecule has 0 saturated carbocycles. The van der Waals surface area contributed by atoms with Gasteiger partial charge in [-0.2, -0.15) is 13.2 Å². The van der Waals surface area contributed by atoms with E-state index >= 15 is 0 Å². The Morgan fingerprint density at radius 2 is 1.83 bits per heavy atom. The molecule has 0 aliphatic carbocycles. The van der Waals surface area contributed by atoms with E-state index in [-0.39, 0.29) is 23.7 Å². The number of thiol groups is 1. The zero-order valence-electron chi connectivity index (χ0n) is 15.4. The minimum Gasteiger partial charge on any atom is -0.384 e. The highest BCUT2D eigenvalue weighted by Crippen LogP contribution is 2.53. The number of carbonyl (C=O) groups excluding carboxylic acids is 1. The highest BCUT2D eigenvalue weighted by molar-refractivity contribution is 8.15. The molecule has 5 nitrogen and oxygen atoms in total. The van der Waals surface area contributed by atoms with Crippen LogP contribution in [0, 0.1) is 0 Å². The number of hydrogen-bond donors (Lipinski definition) is 4. The van der Waals surface area contributed by atoms with E-state index in [1.54, 1.807) is 23.1 Å². The number of nitrogens with zero attached hydrogens (tertiary/aromatic N) is 1. The molecule has 1 amide bonds. The van der Waals surface area contributed by atoms with E-state index in [1.807, 2.05) is 0 Å². The predicted octanol–water partition coefficient (Wildman–Crippen LogP) is 3.81. The average molecular weight is 475 g/mol. The van der Waals surface area contributed by atoms with Crippen molar-refractivity contribution in [1.82, 2.24) is 0 Å². The normalized spacial score (nSPS) is 19.5. The van der Waals surface area contributed by atoms with Crippen molar-refractivity contribution in [2.45, 2.75) is 23.3 Å². The lowest BCUT2D eigenvalue weighted by molar-refractivity contribution is -0.137. The lowest BCUT2D eigenvalue weighted by Crippen LogP contribution is -2.42. The van der Waals surface area contributed by atoms with Crippen molar-refractivity contribution >= 4 is 47.6 Å². The van der Waals surface area contributed by atoms with Gasteiger partial charge < -0.3 is 22.1 Å². The van der Waals surface area contributed by atoms with Crippen LogP contribution >= 0.6 is 36.0 Å². The summed E-state index contributed by atoms with van der Waals surface area (Å²) < 4.78 is 37.4. The van der Waals surface area contributed by atoms with E-state index in [9.17, 15) is 18.0 Å². The van der Waals surface area contributed by atoms with Crippen molar-refractivity contribution in [3.8, 4) is 0 Å². The molecule has 6 N–H and O–H groups in total. The second kappa shape index (κ2) is 8.26. The van der Waals surface area contributed by atoms with Crippen molar-refractivity contribution < 1.29 is 18.0 Å². The first-order chi connectivity index (χ1) is 14.0.